The van der Waals surface area contributed by atoms with Crippen LogP contribution in [0.25, 0.3) is 6.08 Å². The van der Waals surface area contributed by atoms with Gasteiger partial charge in [-0.3, -0.25) is 4.79 Å². The lowest BCUT2D eigenvalue weighted by molar-refractivity contribution is -0.134. The van der Waals surface area contributed by atoms with Crippen molar-refractivity contribution >= 4 is 18.0 Å². The lowest BCUT2D eigenvalue weighted by Gasteiger charge is -2.20. The molecule has 1 N–H and O–H groups in total. The maximum atomic E-state index is 12.2. The van der Waals surface area contributed by atoms with Gasteiger partial charge in [0, 0.05) is 26.3 Å². The van der Waals surface area contributed by atoms with Gasteiger partial charge in [-0.2, -0.15) is 0 Å². The molecule has 1 saturated heterocycles. The van der Waals surface area contributed by atoms with Crippen molar-refractivity contribution in [3.63, 3.8) is 0 Å². The number of ether oxygens (including phenoxy) is 1. The average molecular weight is 289 g/mol. The van der Waals surface area contributed by atoms with Gasteiger partial charge in [0.05, 0.1) is 12.5 Å². The Morgan fingerprint density at radius 3 is 2.67 bits per heavy atom. The van der Waals surface area contributed by atoms with Crippen LogP contribution in [0.2, 0.25) is 0 Å². The summed E-state index contributed by atoms with van der Waals surface area (Å²) in [5.74, 6) is -0.877. The van der Waals surface area contributed by atoms with Crippen LogP contribution in [0.15, 0.2) is 30.3 Å². The molecule has 0 aliphatic carbocycles. The molecule has 1 unspecified atom stereocenters. The third-order valence-electron chi connectivity index (χ3n) is 3.47. The van der Waals surface area contributed by atoms with Crippen LogP contribution in [-0.4, -0.2) is 42.1 Å². The number of carbonyl (C=O) groups excluding carboxylic acids is 1. The third kappa shape index (κ3) is 4.43. The molecule has 1 aliphatic rings. The highest BCUT2D eigenvalue weighted by Gasteiger charge is 2.26. The average Bonchev–Trinajstić information content (AvgIpc) is 2.99. The van der Waals surface area contributed by atoms with Crippen molar-refractivity contribution in [2.75, 3.05) is 20.3 Å². The smallest absolute Gasteiger partial charge is 0.328 e. The first kappa shape index (κ1) is 15.3. The number of carboxylic acids is 1. The van der Waals surface area contributed by atoms with Crippen LogP contribution in [0.5, 0.6) is 0 Å². The van der Waals surface area contributed by atoms with Crippen molar-refractivity contribution in [3.05, 3.63) is 41.5 Å². The van der Waals surface area contributed by atoms with E-state index in [1.165, 1.54) is 6.08 Å². The normalized spacial score (nSPS) is 18.0. The molecular formula is C16H19NO4. The Balaban J connectivity index is 1.93. The zero-order chi connectivity index (χ0) is 15.2. The minimum Gasteiger partial charge on any atom is -0.478 e. The van der Waals surface area contributed by atoms with E-state index in [4.69, 9.17) is 9.84 Å². The molecule has 1 fully saturated rings. The van der Waals surface area contributed by atoms with E-state index in [-0.39, 0.29) is 11.8 Å². The Bertz CT molecular complexity index is 530. The summed E-state index contributed by atoms with van der Waals surface area (Å²) in [7, 11) is 1.79. The summed E-state index contributed by atoms with van der Waals surface area (Å²) in [6.07, 6.45) is 3.43. The lowest BCUT2D eigenvalue weighted by Crippen LogP contribution is -2.32. The van der Waals surface area contributed by atoms with E-state index >= 15 is 0 Å². The van der Waals surface area contributed by atoms with Gasteiger partial charge in [0.1, 0.15) is 0 Å². The molecule has 112 valence electrons. The summed E-state index contributed by atoms with van der Waals surface area (Å²) in [5, 5.41) is 8.57. The van der Waals surface area contributed by atoms with Crippen molar-refractivity contribution in [1.82, 2.24) is 4.90 Å². The number of amides is 1. The van der Waals surface area contributed by atoms with Gasteiger partial charge in [-0.1, -0.05) is 24.3 Å². The maximum absolute atomic E-state index is 12.2. The zero-order valence-corrected chi connectivity index (χ0v) is 12.0. The first-order valence-electron chi connectivity index (χ1n) is 6.89. The SMILES string of the molecule is CN(Cc1ccc(C=CC(=O)O)cc1)C(=O)C1CCOC1. The van der Waals surface area contributed by atoms with Crippen LogP contribution in [0, 0.1) is 5.92 Å². The molecule has 5 heteroatoms. The van der Waals surface area contributed by atoms with E-state index in [1.54, 1.807) is 11.9 Å². The Hall–Kier alpha value is -2.14. The molecular weight excluding hydrogens is 270 g/mol. The minimum absolute atomic E-state index is 0.0206. The summed E-state index contributed by atoms with van der Waals surface area (Å²) >= 11 is 0. The van der Waals surface area contributed by atoms with E-state index in [0.717, 1.165) is 23.6 Å². The predicted molar refractivity (Wildman–Crippen MR) is 78.5 cm³/mol. The molecule has 1 aromatic carbocycles. The van der Waals surface area contributed by atoms with E-state index in [2.05, 4.69) is 0 Å². The van der Waals surface area contributed by atoms with Gasteiger partial charge in [0.2, 0.25) is 5.91 Å². The first-order valence-corrected chi connectivity index (χ1v) is 6.89. The van der Waals surface area contributed by atoms with Crippen LogP contribution in [0.3, 0.4) is 0 Å². The number of aliphatic carboxylic acids is 1. The summed E-state index contributed by atoms with van der Waals surface area (Å²) in [4.78, 5) is 24.3. The quantitative estimate of drug-likeness (QED) is 0.839. The van der Waals surface area contributed by atoms with Gasteiger partial charge in [-0.05, 0) is 23.6 Å². The Morgan fingerprint density at radius 1 is 1.38 bits per heavy atom. The van der Waals surface area contributed by atoms with Crippen molar-refractivity contribution in [2.24, 2.45) is 5.92 Å². The van der Waals surface area contributed by atoms with Gasteiger partial charge in [0.25, 0.3) is 0 Å². The number of rotatable bonds is 5. The number of benzene rings is 1. The van der Waals surface area contributed by atoms with Crippen molar-refractivity contribution in [2.45, 2.75) is 13.0 Å². The topological polar surface area (TPSA) is 66.8 Å². The number of carboxylic acid groups (broad SMARTS) is 1. The molecule has 21 heavy (non-hydrogen) atoms. The summed E-state index contributed by atoms with van der Waals surface area (Å²) in [6.45, 7) is 1.72. The number of nitrogens with zero attached hydrogens (tertiary/aromatic N) is 1. The highest BCUT2D eigenvalue weighted by atomic mass is 16.5. The maximum Gasteiger partial charge on any atom is 0.328 e. The molecule has 1 heterocycles. The Labute approximate surface area is 123 Å². The Morgan fingerprint density at radius 2 is 2.10 bits per heavy atom. The van der Waals surface area contributed by atoms with E-state index in [9.17, 15) is 9.59 Å². The Kier molecular flexibility index (Phi) is 5.11. The molecule has 1 aliphatic heterocycles. The fourth-order valence-corrected chi connectivity index (χ4v) is 2.29. The van der Waals surface area contributed by atoms with Crippen LogP contribution >= 0.6 is 0 Å². The van der Waals surface area contributed by atoms with Crippen molar-refractivity contribution in [1.29, 1.82) is 0 Å². The highest BCUT2D eigenvalue weighted by Crippen LogP contribution is 2.16. The molecule has 1 aromatic rings. The summed E-state index contributed by atoms with van der Waals surface area (Å²) in [5.41, 5.74) is 1.83. The summed E-state index contributed by atoms with van der Waals surface area (Å²) < 4.78 is 5.24. The van der Waals surface area contributed by atoms with E-state index in [0.29, 0.717) is 19.8 Å². The third-order valence-corrected chi connectivity index (χ3v) is 3.47. The fourth-order valence-electron chi connectivity index (χ4n) is 2.29. The minimum atomic E-state index is -0.969. The van der Waals surface area contributed by atoms with Crippen LogP contribution in [0.4, 0.5) is 0 Å². The van der Waals surface area contributed by atoms with Crippen LogP contribution in [0.1, 0.15) is 17.5 Å². The first-order chi connectivity index (χ1) is 10.1. The standard InChI is InChI=1S/C16H19NO4/c1-17(16(20)14-8-9-21-11-14)10-13-4-2-12(3-5-13)6-7-15(18)19/h2-7,14H,8-11H2,1H3,(H,18,19). The van der Waals surface area contributed by atoms with Crippen LogP contribution in [-0.2, 0) is 20.9 Å². The van der Waals surface area contributed by atoms with Crippen molar-refractivity contribution in [3.8, 4) is 0 Å². The molecule has 0 saturated carbocycles. The summed E-state index contributed by atoms with van der Waals surface area (Å²) in [6, 6.07) is 7.48. The second-order valence-electron chi connectivity index (χ2n) is 5.17. The molecule has 0 aromatic heterocycles. The fraction of sp³-hybridized carbons (Fsp3) is 0.375. The monoisotopic (exact) mass is 289 g/mol. The molecule has 0 spiro atoms. The van der Waals surface area contributed by atoms with Gasteiger partial charge >= 0.3 is 5.97 Å². The van der Waals surface area contributed by atoms with Crippen LogP contribution < -0.4 is 0 Å². The lowest BCUT2D eigenvalue weighted by atomic mass is 10.1. The van der Waals surface area contributed by atoms with Gasteiger partial charge < -0.3 is 14.7 Å². The molecule has 5 nitrogen and oxygen atoms in total. The number of carbonyl (C=O) groups is 2. The van der Waals surface area contributed by atoms with Gasteiger partial charge in [0.15, 0.2) is 0 Å². The van der Waals surface area contributed by atoms with Gasteiger partial charge in [-0.25, -0.2) is 4.79 Å². The predicted octanol–water partition coefficient (Wildman–Crippen LogP) is 1.78. The second kappa shape index (κ2) is 7.04. The second-order valence-corrected chi connectivity index (χ2v) is 5.17. The molecule has 0 radical (unpaired) electrons. The van der Waals surface area contributed by atoms with Crippen molar-refractivity contribution < 1.29 is 19.4 Å². The number of hydrogen-bond donors (Lipinski definition) is 1. The molecule has 2 rings (SSSR count). The van der Waals surface area contributed by atoms with Gasteiger partial charge in [-0.15, -0.1) is 0 Å². The molecule has 0 bridgehead atoms. The molecule has 1 amide bonds. The largest absolute Gasteiger partial charge is 0.478 e. The van der Waals surface area contributed by atoms with E-state index < -0.39 is 5.97 Å². The zero-order valence-electron chi connectivity index (χ0n) is 12.0. The highest BCUT2D eigenvalue weighted by molar-refractivity contribution is 5.85. The number of hydrogen-bond acceptors (Lipinski definition) is 3. The molecule has 1 atom stereocenters. The van der Waals surface area contributed by atoms with E-state index in [1.807, 2.05) is 24.3 Å².